The summed E-state index contributed by atoms with van der Waals surface area (Å²) in [5.41, 5.74) is 5.81. The van der Waals surface area contributed by atoms with Crippen molar-refractivity contribution in [3.8, 4) is 6.07 Å². The molecule has 114 valence electrons. The maximum absolute atomic E-state index is 8.78. The van der Waals surface area contributed by atoms with E-state index >= 15 is 0 Å². The molecule has 2 rings (SSSR count). The average Bonchev–Trinajstić information content (AvgIpc) is 3.01. The topological polar surface area (TPSA) is 104 Å². The normalized spacial score (nSPS) is 14.2. The van der Waals surface area contributed by atoms with Crippen LogP contribution in [-0.2, 0) is 4.74 Å². The molecule has 0 unspecified atom stereocenters. The first kappa shape index (κ1) is 15.3. The smallest absolute Gasteiger partial charge is 0.232 e. The van der Waals surface area contributed by atoms with Gasteiger partial charge >= 0.3 is 0 Å². The Balaban J connectivity index is 2.19. The maximum Gasteiger partial charge on any atom is 0.232 e. The Kier molecular flexibility index (Phi) is 5.51. The summed E-state index contributed by atoms with van der Waals surface area (Å²) in [6.07, 6.45) is 2.68. The predicted octanol–water partition coefficient (Wildman–Crippen LogP) is 0.420. The first-order chi connectivity index (χ1) is 10.2. The summed E-state index contributed by atoms with van der Waals surface area (Å²) < 4.78 is 5.10. The molecule has 0 bridgehead atoms. The lowest BCUT2D eigenvalue weighted by Crippen LogP contribution is -2.31. The summed E-state index contributed by atoms with van der Waals surface area (Å²) in [7, 11) is 1.64. The number of methoxy groups -OCH3 is 1. The van der Waals surface area contributed by atoms with Crippen molar-refractivity contribution in [1.29, 1.82) is 5.26 Å². The molecule has 1 aliphatic rings. The molecule has 8 nitrogen and oxygen atoms in total. The summed E-state index contributed by atoms with van der Waals surface area (Å²) in [4.78, 5) is 16.9. The van der Waals surface area contributed by atoms with Crippen molar-refractivity contribution in [3.63, 3.8) is 0 Å². The Morgan fingerprint density at radius 1 is 1.29 bits per heavy atom. The summed E-state index contributed by atoms with van der Waals surface area (Å²) in [6.45, 7) is 3.58. The van der Waals surface area contributed by atoms with Crippen molar-refractivity contribution in [1.82, 2.24) is 15.0 Å². The average molecular weight is 291 g/mol. The van der Waals surface area contributed by atoms with Crippen LogP contribution in [-0.4, -0.2) is 54.8 Å². The van der Waals surface area contributed by atoms with Gasteiger partial charge in [-0.05, 0) is 12.8 Å². The minimum absolute atomic E-state index is 0.210. The molecule has 0 amide bonds. The third-order valence-electron chi connectivity index (χ3n) is 3.36. The highest BCUT2D eigenvalue weighted by atomic mass is 16.5. The first-order valence-corrected chi connectivity index (χ1v) is 7.12. The van der Waals surface area contributed by atoms with Crippen LogP contribution in [0.5, 0.6) is 0 Å². The second-order valence-electron chi connectivity index (χ2n) is 4.88. The molecule has 2 N–H and O–H groups in total. The fraction of sp³-hybridized carbons (Fsp3) is 0.692. The van der Waals surface area contributed by atoms with E-state index in [1.807, 2.05) is 4.90 Å². The first-order valence-electron chi connectivity index (χ1n) is 7.12. The number of nitrogen functional groups attached to an aromatic ring is 1. The maximum atomic E-state index is 8.78. The quantitative estimate of drug-likeness (QED) is 0.770. The number of ether oxygens (including phenoxy) is 1. The number of anilines is 3. The number of hydrogen-bond acceptors (Lipinski definition) is 8. The van der Waals surface area contributed by atoms with E-state index in [4.69, 9.17) is 15.7 Å². The zero-order chi connectivity index (χ0) is 15.1. The summed E-state index contributed by atoms with van der Waals surface area (Å²) >= 11 is 0. The van der Waals surface area contributed by atoms with Crippen molar-refractivity contribution >= 4 is 17.8 Å². The van der Waals surface area contributed by atoms with E-state index in [1.165, 1.54) is 0 Å². The van der Waals surface area contributed by atoms with Gasteiger partial charge in [0.1, 0.15) is 0 Å². The molecule has 1 aromatic heterocycles. The molecule has 0 aliphatic carbocycles. The number of rotatable bonds is 7. The molecule has 0 atom stereocenters. The lowest BCUT2D eigenvalue weighted by molar-refractivity contribution is 0.205. The van der Waals surface area contributed by atoms with Crippen LogP contribution in [0.3, 0.4) is 0 Å². The van der Waals surface area contributed by atoms with E-state index in [2.05, 4.69) is 25.9 Å². The van der Waals surface area contributed by atoms with Crippen molar-refractivity contribution in [3.05, 3.63) is 0 Å². The number of nitriles is 1. The molecule has 21 heavy (non-hydrogen) atoms. The van der Waals surface area contributed by atoms with Gasteiger partial charge in [-0.1, -0.05) is 0 Å². The Bertz CT molecular complexity index is 496. The Labute approximate surface area is 124 Å². The summed E-state index contributed by atoms with van der Waals surface area (Å²) in [5, 5.41) is 8.78. The van der Waals surface area contributed by atoms with Crippen molar-refractivity contribution in [2.24, 2.45) is 0 Å². The summed E-state index contributed by atoms with van der Waals surface area (Å²) in [5.74, 6) is 1.34. The zero-order valence-corrected chi connectivity index (χ0v) is 12.3. The Morgan fingerprint density at radius 3 is 2.71 bits per heavy atom. The lowest BCUT2D eigenvalue weighted by Gasteiger charge is -2.23. The number of nitrogens with two attached hydrogens (primary N) is 1. The van der Waals surface area contributed by atoms with Crippen LogP contribution < -0.4 is 15.5 Å². The standard InChI is InChI=1S/C13H21N7O/c1-21-10-9-20(8-4-5-14)13-17-11(15)16-12(18-13)19-6-2-3-7-19/h2-4,6-10H2,1H3,(H2,15,16,17,18). The van der Waals surface area contributed by atoms with E-state index in [0.717, 1.165) is 25.9 Å². The van der Waals surface area contributed by atoms with Gasteiger partial charge in [0.15, 0.2) is 0 Å². The monoisotopic (exact) mass is 291 g/mol. The molecular weight excluding hydrogens is 270 g/mol. The van der Waals surface area contributed by atoms with E-state index in [1.54, 1.807) is 7.11 Å². The predicted molar refractivity (Wildman–Crippen MR) is 80.0 cm³/mol. The molecule has 8 heteroatoms. The largest absolute Gasteiger partial charge is 0.383 e. The SMILES string of the molecule is COCCN(CCC#N)c1nc(N)nc(N2CCCC2)n1. The van der Waals surface area contributed by atoms with Crippen LogP contribution in [0, 0.1) is 11.3 Å². The molecule has 0 aromatic carbocycles. The van der Waals surface area contributed by atoms with Gasteiger partial charge in [-0.25, -0.2) is 0 Å². The van der Waals surface area contributed by atoms with Crippen LogP contribution in [0.15, 0.2) is 0 Å². The van der Waals surface area contributed by atoms with Gasteiger partial charge in [0, 0.05) is 33.3 Å². The second-order valence-corrected chi connectivity index (χ2v) is 4.88. The highest BCUT2D eigenvalue weighted by Gasteiger charge is 2.19. The molecule has 1 fully saturated rings. The molecule has 1 aromatic rings. The number of nitrogens with zero attached hydrogens (tertiary/aromatic N) is 6. The van der Waals surface area contributed by atoms with Crippen molar-refractivity contribution in [2.45, 2.75) is 19.3 Å². The minimum Gasteiger partial charge on any atom is -0.383 e. The highest BCUT2D eigenvalue weighted by Crippen LogP contribution is 2.19. The van der Waals surface area contributed by atoms with E-state index in [0.29, 0.717) is 38.0 Å². The minimum atomic E-state index is 0.210. The van der Waals surface area contributed by atoms with Crippen LogP contribution in [0.1, 0.15) is 19.3 Å². The van der Waals surface area contributed by atoms with E-state index < -0.39 is 0 Å². The van der Waals surface area contributed by atoms with Crippen LogP contribution >= 0.6 is 0 Å². The van der Waals surface area contributed by atoms with E-state index in [-0.39, 0.29) is 5.95 Å². The van der Waals surface area contributed by atoms with Crippen molar-refractivity contribution < 1.29 is 4.74 Å². The second kappa shape index (κ2) is 7.59. The fourth-order valence-electron chi connectivity index (χ4n) is 2.27. The van der Waals surface area contributed by atoms with Gasteiger partial charge in [0.2, 0.25) is 17.8 Å². The third-order valence-corrected chi connectivity index (χ3v) is 3.36. The molecule has 0 radical (unpaired) electrons. The van der Waals surface area contributed by atoms with Gasteiger partial charge in [-0.2, -0.15) is 20.2 Å². The molecule has 0 spiro atoms. The molecule has 2 heterocycles. The molecule has 1 aliphatic heterocycles. The molecular formula is C13H21N7O. The fourth-order valence-corrected chi connectivity index (χ4v) is 2.27. The Hall–Kier alpha value is -2.14. The van der Waals surface area contributed by atoms with Crippen LogP contribution in [0.2, 0.25) is 0 Å². The number of aromatic nitrogens is 3. The molecule has 1 saturated heterocycles. The van der Waals surface area contributed by atoms with Gasteiger partial charge in [-0.3, -0.25) is 0 Å². The van der Waals surface area contributed by atoms with Crippen LogP contribution in [0.4, 0.5) is 17.8 Å². The lowest BCUT2D eigenvalue weighted by atomic mass is 10.4. The van der Waals surface area contributed by atoms with Gasteiger partial charge in [-0.15, -0.1) is 0 Å². The molecule has 0 saturated carbocycles. The Morgan fingerprint density at radius 2 is 2.05 bits per heavy atom. The third kappa shape index (κ3) is 4.16. The van der Waals surface area contributed by atoms with E-state index in [9.17, 15) is 0 Å². The van der Waals surface area contributed by atoms with Gasteiger partial charge in [0.25, 0.3) is 0 Å². The van der Waals surface area contributed by atoms with Crippen molar-refractivity contribution in [2.75, 3.05) is 55.4 Å². The summed E-state index contributed by atoms with van der Waals surface area (Å²) in [6, 6.07) is 2.13. The van der Waals surface area contributed by atoms with Crippen LogP contribution in [0.25, 0.3) is 0 Å². The highest BCUT2D eigenvalue weighted by molar-refractivity contribution is 5.44. The zero-order valence-electron chi connectivity index (χ0n) is 12.3. The van der Waals surface area contributed by atoms with Gasteiger partial charge in [0.05, 0.1) is 19.1 Å². The van der Waals surface area contributed by atoms with Gasteiger partial charge < -0.3 is 20.3 Å². The number of hydrogen-bond donors (Lipinski definition) is 1.